The first kappa shape index (κ1) is 26.4. The number of rotatable bonds is 11. The molecular formula is C23H34ClN5O4S. The first-order valence-electron chi connectivity index (χ1n) is 12.0. The lowest BCUT2D eigenvalue weighted by Crippen LogP contribution is -2.55. The minimum Gasteiger partial charge on any atom is -0.461 e. The number of nitrogens with zero attached hydrogens (tertiary/aromatic N) is 3. The van der Waals surface area contributed by atoms with Crippen LogP contribution < -0.4 is 10.2 Å². The van der Waals surface area contributed by atoms with Crippen LogP contribution in [-0.4, -0.2) is 65.3 Å². The van der Waals surface area contributed by atoms with E-state index >= 15 is 0 Å². The maximum atomic E-state index is 12.8. The van der Waals surface area contributed by atoms with Gasteiger partial charge in [-0.15, -0.1) is 11.3 Å². The van der Waals surface area contributed by atoms with Crippen LogP contribution in [0.5, 0.6) is 0 Å². The van der Waals surface area contributed by atoms with Crippen LogP contribution in [0.2, 0.25) is 5.15 Å². The number of hydrogen-bond donors (Lipinski definition) is 2. The number of imidazole rings is 1. The number of ether oxygens (including phenoxy) is 2. The van der Waals surface area contributed by atoms with E-state index in [1.165, 1.54) is 11.3 Å². The minimum absolute atomic E-state index is 0.179. The molecule has 2 aromatic rings. The second-order valence-corrected chi connectivity index (χ2v) is 9.55. The molecule has 188 valence electrons. The monoisotopic (exact) mass is 511 g/mol. The van der Waals surface area contributed by atoms with Crippen molar-refractivity contribution < 1.29 is 19.1 Å². The number of H-pyrrole nitrogens is 1. The predicted molar refractivity (Wildman–Crippen MR) is 133 cm³/mol. The first-order chi connectivity index (χ1) is 16.4. The van der Waals surface area contributed by atoms with Crippen molar-refractivity contribution in [2.45, 2.75) is 71.9 Å². The Kier molecular flexibility index (Phi) is 9.73. The number of aromatic amines is 1. The molecule has 0 aromatic carbocycles. The number of aryl methyl sites for hydroxylation is 2. The molecular weight excluding hydrogens is 478 g/mol. The van der Waals surface area contributed by atoms with Crippen LogP contribution in [0.15, 0.2) is 0 Å². The van der Waals surface area contributed by atoms with Gasteiger partial charge in [0.2, 0.25) is 0 Å². The quantitative estimate of drug-likeness (QED) is 0.346. The highest BCUT2D eigenvalue weighted by atomic mass is 35.5. The Bertz CT molecular complexity index is 979. The fourth-order valence-corrected chi connectivity index (χ4v) is 5.14. The van der Waals surface area contributed by atoms with Crippen LogP contribution in [-0.2, 0) is 22.3 Å². The molecule has 3 heterocycles. The summed E-state index contributed by atoms with van der Waals surface area (Å²) in [5, 5.41) is 4.15. The molecule has 0 bridgehead atoms. The topological polar surface area (TPSA) is 109 Å². The van der Waals surface area contributed by atoms with E-state index in [0.29, 0.717) is 56.4 Å². The summed E-state index contributed by atoms with van der Waals surface area (Å²) in [7, 11) is 0. The molecule has 0 saturated carbocycles. The van der Waals surface area contributed by atoms with Gasteiger partial charge in [-0.2, -0.15) is 0 Å². The predicted octanol–water partition coefficient (Wildman–Crippen LogP) is 4.02. The third-order valence-corrected chi connectivity index (χ3v) is 7.33. The highest BCUT2D eigenvalue weighted by Crippen LogP contribution is 2.30. The van der Waals surface area contributed by atoms with Gasteiger partial charge < -0.3 is 24.7 Å². The van der Waals surface area contributed by atoms with Gasteiger partial charge in [-0.1, -0.05) is 38.8 Å². The maximum Gasteiger partial charge on any atom is 0.358 e. The molecule has 2 atom stereocenters. The summed E-state index contributed by atoms with van der Waals surface area (Å²) >= 11 is 7.60. The Morgan fingerprint density at radius 1 is 1.24 bits per heavy atom. The number of anilines is 1. The zero-order valence-electron chi connectivity index (χ0n) is 20.3. The van der Waals surface area contributed by atoms with Crippen LogP contribution >= 0.6 is 22.9 Å². The van der Waals surface area contributed by atoms with E-state index in [0.717, 1.165) is 28.5 Å². The molecule has 34 heavy (non-hydrogen) atoms. The Balaban J connectivity index is 1.69. The van der Waals surface area contributed by atoms with E-state index in [2.05, 4.69) is 32.1 Å². The Morgan fingerprint density at radius 3 is 2.68 bits per heavy atom. The van der Waals surface area contributed by atoms with E-state index in [9.17, 15) is 9.59 Å². The summed E-state index contributed by atoms with van der Waals surface area (Å²) in [4.78, 5) is 40.1. The number of carbonyl (C=O) groups excluding carboxylic acids is 2. The van der Waals surface area contributed by atoms with E-state index in [1.807, 2.05) is 20.8 Å². The average Bonchev–Trinajstić information content (AvgIpc) is 3.44. The van der Waals surface area contributed by atoms with Crippen molar-refractivity contribution in [3.8, 4) is 0 Å². The van der Waals surface area contributed by atoms with Crippen LogP contribution in [0.25, 0.3) is 0 Å². The van der Waals surface area contributed by atoms with E-state index < -0.39 is 0 Å². The highest BCUT2D eigenvalue weighted by molar-refractivity contribution is 7.15. The summed E-state index contributed by atoms with van der Waals surface area (Å²) in [5.41, 5.74) is 1.14. The number of piperidine rings is 1. The lowest BCUT2D eigenvalue weighted by molar-refractivity contribution is 0.0271. The molecule has 1 fully saturated rings. The standard InChI is InChI=1S/C23H34ClN5O4S/c1-5-9-12-33-22(31)18-17(7-3)34-23(27-18)29-11-10-15(16(13-29)32-8-4)26-21(30)20-25-14(6-2)19(24)28-20/h15-16H,5-13H2,1-4H3,(H,25,28)(H,26,30)/t15-,16+/m1/s1. The molecule has 0 radical (unpaired) electrons. The Labute approximate surface area is 209 Å². The minimum atomic E-state index is -0.361. The summed E-state index contributed by atoms with van der Waals surface area (Å²) in [6.07, 6.45) is 3.62. The number of nitrogens with one attached hydrogen (secondary N) is 2. The van der Waals surface area contributed by atoms with E-state index in [-0.39, 0.29) is 29.8 Å². The van der Waals surface area contributed by atoms with Crippen LogP contribution in [0.1, 0.15) is 78.6 Å². The summed E-state index contributed by atoms with van der Waals surface area (Å²) in [5.74, 6) is -0.456. The van der Waals surface area contributed by atoms with Gasteiger partial charge in [-0.25, -0.2) is 14.8 Å². The van der Waals surface area contributed by atoms with Gasteiger partial charge in [-0.3, -0.25) is 4.79 Å². The van der Waals surface area contributed by atoms with Gasteiger partial charge in [0.1, 0.15) is 0 Å². The zero-order valence-corrected chi connectivity index (χ0v) is 21.9. The third-order valence-electron chi connectivity index (χ3n) is 5.76. The molecule has 1 aliphatic heterocycles. The molecule has 1 aliphatic rings. The number of esters is 1. The van der Waals surface area contributed by atoms with Crippen LogP contribution in [0, 0.1) is 0 Å². The Hall–Kier alpha value is -2.17. The van der Waals surface area contributed by atoms with Crippen molar-refractivity contribution in [2.24, 2.45) is 0 Å². The highest BCUT2D eigenvalue weighted by Gasteiger charge is 2.34. The number of unbranched alkanes of at least 4 members (excludes halogenated alkanes) is 1. The lowest BCUT2D eigenvalue weighted by atomic mass is 10.0. The van der Waals surface area contributed by atoms with Gasteiger partial charge in [0, 0.05) is 24.6 Å². The maximum absolute atomic E-state index is 12.8. The van der Waals surface area contributed by atoms with Crippen molar-refractivity contribution in [3.05, 3.63) is 27.2 Å². The number of aromatic nitrogens is 3. The van der Waals surface area contributed by atoms with Crippen LogP contribution in [0.4, 0.5) is 5.13 Å². The molecule has 0 unspecified atom stereocenters. The molecule has 11 heteroatoms. The summed E-state index contributed by atoms with van der Waals surface area (Å²) < 4.78 is 11.4. The molecule has 0 aliphatic carbocycles. The second kappa shape index (κ2) is 12.5. The number of thiazole rings is 1. The Morgan fingerprint density at radius 2 is 2.03 bits per heavy atom. The van der Waals surface area contributed by atoms with E-state index in [1.54, 1.807) is 0 Å². The fraction of sp³-hybridized carbons (Fsp3) is 0.652. The largest absolute Gasteiger partial charge is 0.461 e. The normalized spacial score (nSPS) is 18.2. The van der Waals surface area contributed by atoms with Crippen molar-refractivity contribution in [3.63, 3.8) is 0 Å². The van der Waals surface area contributed by atoms with Crippen LogP contribution in [0.3, 0.4) is 0 Å². The van der Waals surface area contributed by atoms with Crippen molar-refractivity contribution >= 4 is 39.9 Å². The van der Waals surface area contributed by atoms with Gasteiger partial charge in [-0.05, 0) is 32.6 Å². The molecule has 0 spiro atoms. The molecule has 3 rings (SSSR count). The van der Waals surface area contributed by atoms with Gasteiger partial charge in [0.25, 0.3) is 5.91 Å². The SMILES string of the molecule is CCCCOC(=O)c1nc(N2CC[C@@H](NC(=O)c3nc(Cl)c(CC)[nH]3)[C@@H](OCC)C2)sc1CC. The summed E-state index contributed by atoms with van der Waals surface area (Å²) in [6, 6.07) is -0.179. The lowest BCUT2D eigenvalue weighted by Gasteiger charge is -2.38. The van der Waals surface area contributed by atoms with Crippen molar-refractivity contribution in [1.29, 1.82) is 0 Å². The first-order valence-corrected chi connectivity index (χ1v) is 13.2. The molecule has 1 amide bonds. The van der Waals surface area contributed by atoms with Crippen molar-refractivity contribution in [1.82, 2.24) is 20.3 Å². The summed E-state index contributed by atoms with van der Waals surface area (Å²) in [6.45, 7) is 10.1. The molecule has 1 saturated heterocycles. The number of hydrogen-bond acceptors (Lipinski definition) is 8. The van der Waals surface area contributed by atoms with Gasteiger partial charge in [0.15, 0.2) is 21.8 Å². The average molecular weight is 512 g/mol. The molecule has 9 nitrogen and oxygen atoms in total. The van der Waals surface area contributed by atoms with E-state index in [4.69, 9.17) is 21.1 Å². The molecule has 2 aromatic heterocycles. The van der Waals surface area contributed by atoms with Gasteiger partial charge in [0.05, 0.1) is 24.4 Å². The van der Waals surface area contributed by atoms with Crippen molar-refractivity contribution in [2.75, 3.05) is 31.2 Å². The molecule has 2 N–H and O–H groups in total. The number of halogens is 1. The second-order valence-electron chi connectivity index (χ2n) is 8.13. The zero-order chi connectivity index (χ0) is 24.7. The number of carbonyl (C=O) groups is 2. The number of amides is 1. The fourth-order valence-electron chi connectivity index (χ4n) is 3.86. The smallest absolute Gasteiger partial charge is 0.358 e. The third kappa shape index (κ3) is 6.28. The van der Waals surface area contributed by atoms with Gasteiger partial charge >= 0.3 is 5.97 Å².